The third-order valence-corrected chi connectivity index (χ3v) is 5.78. The van der Waals surface area contributed by atoms with Crippen molar-refractivity contribution in [2.75, 3.05) is 6.61 Å². The number of carbonyl (C=O) groups excluding carboxylic acids is 2. The van der Waals surface area contributed by atoms with Crippen molar-refractivity contribution < 1.29 is 14.3 Å². The third kappa shape index (κ3) is 5.02. The quantitative estimate of drug-likeness (QED) is 0.604. The number of aromatic nitrogens is 2. The predicted octanol–water partition coefficient (Wildman–Crippen LogP) is 4.39. The summed E-state index contributed by atoms with van der Waals surface area (Å²) in [6.45, 7) is 1.85. The van der Waals surface area contributed by atoms with Gasteiger partial charge in [-0.3, -0.25) is 4.79 Å². The highest BCUT2D eigenvalue weighted by atomic mass is 16.5. The van der Waals surface area contributed by atoms with Gasteiger partial charge in [-0.2, -0.15) is 5.10 Å². The largest absolute Gasteiger partial charge is 0.451 e. The minimum absolute atomic E-state index is 0.152. The number of hydrogen-bond acceptors (Lipinski definition) is 4. The standard InChI is InChI=1S/C25H27N3O3/c1-18-10-8-9-15-21(18)26-24(29)17-31-25(30)23-16-22(19-11-4-2-5-12-19)27-28(23)20-13-6-3-7-14-20/h2-7,11-14,16,18,21H,8-10,15,17H2,1H3,(H,26,29)/t18-,21-/m1/s1. The molecule has 1 saturated carbocycles. The summed E-state index contributed by atoms with van der Waals surface area (Å²) in [5.74, 6) is -0.395. The van der Waals surface area contributed by atoms with E-state index in [4.69, 9.17) is 4.74 Å². The number of esters is 1. The third-order valence-electron chi connectivity index (χ3n) is 5.78. The van der Waals surface area contributed by atoms with Crippen LogP contribution in [0.2, 0.25) is 0 Å². The fraction of sp³-hybridized carbons (Fsp3) is 0.320. The molecule has 6 heteroatoms. The van der Waals surface area contributed by atoms with Crippen LogP contribution >= 0.6 is 0 Å². The first-order valence-electron chi connectivity index (χ1n) is 10.8. The summed E-state index contributed by atoms with van der Waals surface area (Å²) in [5.41, 5.74) is 2.59. The van der Waals surface area contributed by atoms with E-state index in [-0.39, 0.29) is 24.2 Å². The van der Waals surface area contributed by atoms with Crippen molar-refractivity contribution in [1.29, 1.82) is 0 Å². The number of nitrogens with zero attached hydrogens (tertiary/aromatic N) is 2. The fourth-order valence-electron chi connectivity index (χ4n) is 4.03. The zero-order chi connectivity index (χ0) is 21.6. The number of amides is 1. The molecule has 1 aliphatic rings. The first-order chi connectivity index (χ1) is 15.1. The van der Waals surface area contributed by atoms with Crippen molar-refractivity contribution in [3.63, 3.8) is 0 Å². The summed E-state index contributed by atoms with van der Waals surface area (Å²) in [6.07, 6.45) is 4.41. The van der Waals surface area contributed by atoms with Crippen molar-refractivity contribution in [1.82, 2.24) is 15.1 Å². The molecule has 0 saturated heterocycles. The van der Waals surface area contributed by atoms with Gasteiger partial charge in [0.05, 0.1) is 11.4 Å². The maximum atomic E-state index is 12.9. The molecule has 31 heavy (non-hydrogen) atoms. The minimum Gasteiger partial charge on any atom is -0.451 e. The number of hydrogen-bond donors (Lipinski definition) is 1. The van der Waals surface area contributed by atoms with Crippen LogP contribution in [0, 0.1) is 5.92 Å². The Morgan fingerprint density at radius 1 is 1.03 bits per heavy atom. The van der Waals surface area contributed by atoms with Crippen molar-refractivity contribution in [2.45, 2.75) is 38.6 Å². The van der Waals surface area contributed by atoms with Crippen LogP contribution in [0.25, 0.3) is 16.9 Å². The highest BCUT2D eigenvalue weighted by Gasteiger charge is 2.24. The van der Waals surface area contributed by atoms with E-state index < -0.39 is 5.97 Å². The average Bonchev–Trinajstić information content (AvgIpc) is 3.26. The highest BCUT2D eigenvalue weighted by molar-refractivity contribution is 5.91. The number of rotatable bonds is 6. The van der Waals surface area contributed by atoms with Crippen LogP contribution in [0.4, 0.5) is 0 Å². The van der Waals surface area contributed by atoms with Crippen LogP contribution in [0.15, 0.2) is 66.7 Å². The Hall–Kier alpha value is -3.41. The van der Waals surface area contributed by atoms with Crippen molar-refractivity contribution in [2.24, 2.45) is 5.92 Å². The molecule has 2 atom stereocenters. The lowest BCUT2D eigenvalue weighted by molar-refractivity contribution is -0.125. The molecule has 160 valence electrons. The normalized spacial score (nSPS) is 18.4. The fourth-order valence-corrected chi connectivity index (χ4v) is 4.03. The van der Waals surface area contributed by atoms with Crippen LogP contribution in [-0.2, 0) is 9.53 Å². The van der Waals surface area contributed by atoms with Crippen LogP contribution < -0.4 is 5.32 Å². The first kappa shape index (κ1) is 20.8. The second kappa shape index (κ2) is 9.60. The highest BCUT2D eigenvalue weighted by Crippen LogP contribution is 2.24. The smallest absolute Gasteiger partial charge is 0.357 e. The Balaban J connectivity index is 1.50. The predicted molar refractivity (Wildman–Crippen MR) is 119 cm³/mol. The number of benzene rings is 2. The van der Waals surface area contributed by atoms with E-state index >= 15 is 0 Å². The summed E-state index contributed by atoms with van der Waals surface area (Å²) in [7, 11) is 0. The van der Waals surface area contributed by atoms with Crippen molar-refractivity contribution >= 4 is 11.9 Å². The molecule has 1 heterocycles. The number of carbonyl (C=O) groups is 2. The molecule has 1 aliphatic carbocycles. The van der Waals surface area contributed by atoms with Gasteiger partial charge in [-0.05, 0) is 37.0 Å². The van der Waals surface area contributed by atoms with Gasteiger partial charge in [0.25, 0.3) is 5.91 Å². The monoisotopic (exact) mass is 417 g/mol. The number of para-hydroxylation sites is 1. The summed E-state index contributed by atoms with van der Waals surface area (Å²) < 4.78 is 6.93. The Morgan fingerprint density at radius 2 is 1.71 bits per heavy atom. The average molecular weight is 418 g/mol. The molecule has 2 aromatic carbocycles. The molecule has 1 aromatic heterocycles. The van der Waals surface area contributed by atoms with Gasteiger partial charge in [0.2, 0.25) is 0 Å². The zero-order valence-corrected chi connectivity index (χ0v) is 17.7. The Morgan fingerprint density at radius 3 is 2.42 bits per heavy atom. The summed E-state index contributed by atoms with van der Waals surface area (Å²) >= 11 is 0. The molecule has 1 fully saturated rings. The van der Waals surface area contributed by atoms with E-state index in [2.05, 4.69) is 17.3 Å². The van der Waals surface area contributed by atoms with Gasteiger partial charge < -0.3 is 10.1 Å². The lowest BCUT2D eigenvalue weighted by Gasteiger charge is -2.29. The zero-order valence-electron chi connectivity index (χ0n) is 17.7. The van der Waals surface area contributed by atoms with E-state index in [0.717, 1.165) is 30.5 Å². The molecule has 0 aliphatic heterocycles. The van der Waals surface area contributed by atoms with E-state index in [9.17, 15) is 9.59 Å². The van der Waals surface area contributed by atoms with Crippen molar-refractivity contribution in [3.05, 3.63) is 72.4 Å². The molecule has 4 rings (SSSR count). The van der Waals surface area contributed by atoms with E-state index in [1.54, 1.807) is 10.7 Å². The number of nitrogens with one attached hydrogen (secondary N) is 1. The summed E-state index contributed by atoms with van der Waals surface area (Å²) in [6, 6.07) is 20.9. The number of ether oxygens (including phenoxy) is 1. The Labute approximate surface area is 182 Å². The van der Waals surface area contributed by atoms with E-state index in [1.807, 2.05) is 60.7 Å². The van der Waals surface area contributed by atoms with E-state index in [0.29, 0.717) is 11.6 Å². The molecule has 0 unspecified atom stereocenters. The Bertz CT molecular complexity index is 1030. The van der Waals surface area contributed by atoms with Gasteiger partial charge in [-0.1, -0.05) is 68.3 Å². The lowest BCUT2D eigenvalue weighted by atomic mass is 9.86. The van der Waals surface area contributed by atoms with Gasteiger partial charge in [0.15, 0.2) is 12.3 Å². The summed E-state index contributed by atoms with van der Waals surface area (Å²) in [4.78, 5) is 25.2. The molecule has 0 spiro atoms. The molecule has 0 bridgehead atoms. The van der Waals surface area contributed by atoms with Gasteiger partial charge in [-0.15, -0.1) is 0 Å². The van der Waals surface area contributed by atoms with E-state index in [1.165, 1.54) is 6.42 Å². The minimum atomic E-state index is -0.578. The molecule has 1 amide bonds. The van der Waals surface area contributed by atoms with Crippen LogP contribution in [-0.4, -0.2) is 34.3 Å². The summed E-state index contributed by atoms with van der Waals surface area (Å²) in [5, 5.41) is 7.63. The molecular formula is C25H27N3O3. The molecular weight excluding hydrogens is 390 g/mol. The van der Waals surface area contributed by atoms with Gasteiger partial charge in [0.1, 0.15) is 0 Å². The van der Waals surface area contributed by atoms with Crippen LogP contribution in [0.1, 0.15) is 43.1 Å². The Kier molecular flexibility index (Phi) is 6.46. The van der Waals surface area contributed by atoms with Crippen molar-refractivity contribution in [3.8, 4) is 16.9 Å². The second-order valence-electron chi connectivity index (χ2n) is 8.04. The maximum absolute atomic E-state index is 12.9. The SMILES string of the molecule is C[C@@H]1CCCC[C@H]1NC(=O)COC(=O)c1cc(-c2ccccc2)nn1-c1ccccc1. The van der Waals surface area contributed by atoms with Crippen LogP contribution in [0.3, 0.4) is 0 Å². The molecule has 1 N–H and O–H groups in total. The van der Waals surface area contributed by atoms with Gasteiger partial charge in [-0.25, -0.2) is 9.48 Å². The van der Waals surface area contributed by atoms with Crippen LogP contribution in [0.5, 0.6) is 0 Å². The maximum Gasteiger partial charge on any atom is 0.357 e. The first-order valence-corrected chi connectivity index (χ1v) is 10.8. The van der Waals surface area contributed by atoms with Gasteiger partial charge >= 0.3 is 5.97 Å². The molecule has 3 aromatic rings. The topological polar surface area (TPSA) is 73.2 Å². The van der Waals surface area contributed by atoms with Gasteiger partial charge in [0, 0.05) is 11.6 Å². The lowest BCUT2D eigenvalue weighted by Crippen LogP contribution is -2.42. The molecule has 0 radical (unpaired) electrons. The second-order valence-corrected chi connectivity index (χ2v) is 8.04. The molecule has 6 nitrogen and oxygen atoms in total.